The van der Waals surface area contributed by atoms with Crippen LogP contribution in [0.4, 0.5) is 0 Å². The van der Waals surface area contributed by atoms with Gasteiger partial charge >= 0.3 is 0 Å². The molecule has 8 atom stereocenters. The molecule has 2 aliphatic heterocycles. The van der Waals surface area contributed by atoms with Gasteiger partial charge in [-0.1, -0.05) is 6.07 Å². The fourth-order valence-corrected chi connectivity index (χ4v) is 5.13. The summed E-state index contributed by atoms with van der Waals surface area (Å²) in [7, 11) is 4.34. The lowest BCUT2D eigenvalue weighted by Gasteiger charge is -2.39. The van der Waals surface area contributed by atoms with E-state index in [-0.39, 0.29) is 41.4 Å². The van der Waals surface area contributed by atoms with Crippen molar-refractivity contribution < 1.29 is 59.1 Å². The lowest BCUT2D eigenvalue weighted by molar-refractivity contribution is -0.277. The van der Waals surface area contributed by atoms with Crippen LogP contribution in [-0.2, 0) is 15.9 Å². The molecule has 39 heavy (non-hydrogen) atoms. The van der Waals surface area contributed by atoms with Crippen molar-refractivity contribution in [1.82, 2.24) is 0 Å². The summed E-state index contributed by atoms with van der Waals surface area (Å²) >= 11 is 0. The Morgan fingerprint density at radius 1 is 0.821 bits per heavy atom. The Morgan fingerprint density at radius 3 is 2.08 bits per heavy atom. The third-order valence-corrected chi connectivity index (χ3v) is 7.34. The first-order valence-electron chi connectivity index (χ1n) is 12.6. The van der Waals surface area contributed by atoms with Gasteiger partial charge in [0, 0.05) is 12.5 Å². The highest BCUT2D eigenvalue weighted by atomic mass is 16.7. The number of aliphatic hydroxyl groups is 5. The van der Waals surface area contributed by atoms with Gasteiger partial charge in [-0.3, -0.25) is 0 Å². The Labute approximate surface area is 225 Å². The topological polar surface area (TPSA) is 177 Å². The molecule has 0 radical (unpaired) electrons. The zero-order valence-electron chi connectivity index (χ0n) is 22.0. The van der Waals surface area contributed by atoms with E-state index in [1.807, 2.05) is 0 Å². The molecule has 0 aliphatic carbocycles. The predicted octanol–water partition coefficient (Wildman–Crippen LogP) is 0.135. The number of rotatable bonds is 10. The monoisotopic (exact) mass is 552 g/mol. The first-order chi connectivity index (χ1) is 18.8. The van der Waals surface area contributed by atoms with Crippen molar-refractivity contribution in [3.8, 4) is 28.7 Å². The number of phenols is 1. The Hall–Kier alpha value is -2.84. The molecule has 216 valence electrons. The molecule has 0 aromatic heterocycles. The smallest absolute Gasteiger partial charge is 0.229 e. The molecule has 4 rings (SSSR count). The van der Waals surface area contributed by atoms with Crippen LogP contribution in [0.25, 0.3) is 0 Å². The summed E-state index contributed by atoms with van der Waals surface area (Å²) in [6.45, 7) is -0.315. The van der Waals surface area contributed by atoms with Crippen molar-refractivity contribution in [2.45, 2.75) is 43.2 Å². The number of aliphatic hydroxyl groups excluding tert-OH is 5. The van der Waals surface area contributed by atoms with E-state index < -0.39 is 43.4 Å². The minimum Gasteiger partial charge on any atom is -0.502 e. The zero-order chi connectivity index (χ0) is 28.3. The number of benzene rings is 2. The second-order valence-corrected chi connectivity index (χ2v) is 9.64. The van der Waals surface area contributed by atoms with Gasteiger partial charge in [-0.05, 0) is 47.7 Å². The summed E-state index contributed by atoms with van der Waals surface area (Å²) in [5.41, 5.74) is 1.59. The Kier molecular flexibility index (Phi) is 9.39. The van der Waals surface area contributed by atoms with E-state index in [4.69, 9.17) is 28.4 Å². The molecular weight excluding hydrogens is 516 g/mol. The molecular formula is C27H36O12. The zero-order valence-corrected chi connectivity index (χ0v) is 22.0. The molecule has 8 unspecified atom stereocenters. The van der Waals surface area contributed by atoms with Crippen LogP contribution in [-0.4, -0.2) is 102 Å². The molecule has 12 nitrogen and oxygen atoms in total. The fourth-order valence-electron chi connectivity index (χ4n) is 5.13. The molecule has 2 saturated heterocycles. The Balaban J connectivity index is 1.49. The lowest BCUT2D eigenvalue weighted by Crippen LogP contribution is -2.60. The third-order valence-electron chi connectivity index (χ3n) is 7.34. The van der Waals surface area contributed by atoms with Crippen LogP contribution in [0, 0.1) is 11.8 Å². The number of hydrogen-bond acceptors (Lipinski definition) is 12. The molecule has 2 heterocycles. The summed E-state index contributed by atoms with van der Waals surface area (Å²) in [6.07, 6.45) is -6.95. The fraction of sp³-hybridized carbons (Fsp3) is 0.556. The van der Waals surface area contributed by atoms with Crippen molar-refractivity contribution >= 4 is 0 Å². The van der Waals surface area contributed by atoms with Gasteiger partial charge < -0.3 is 59.1 Å². The third kappa shape index (κ3) is 5.87. The van der Waals surface area contributed by atoms with Crippen LogP contribution in [0.15, 0.2) is 30.3 Å². The highest BCUT2D eigenvalue weighted by molar-refractivity contribution is 5.53. The molecule has 2 aromatic carbocycles. The highest BCUT2D eigenvalue weighted by Crippen LogP contribution is 2.45. The van der Waals surface area contributed by atoms with Crippen LogP contribution in [0.3, 0.4) is 0 Å². The average molecular weight is 553 g/mol. The summed E-state index contributed by atoms with van der Waals surface area (Å²) < 4.78 is 33.3. The first-order valence-corrected chi connectivity index (χ1v) is 12.6. The van der Waals surface area contributed by atoms with Crippen LogP contribution in [0.1, 0.15) is 17.2 Å². The molecule has 0 bridgehead atoms. The van der Waals surface area contributed by atoms with Crippen molar-refractivity contribution in [1.29, 1.82) is 0 Å². The van der Waals surface area contributed by atoms with Crippen LogP contribution < -0.4 is 18.9 Å². The number of phenolic OH excluding ortho intramolecular Hbond substituents is 1. The van der Waals surface area contributed by atoms with E-state index >= 15 is 0 Å². The normalized spacial score (nSPS) is 30.7. The second-order valence-electron chi connectivity index (χ2n) is 9.64. The van der Waals surface area contributed by atoms with E-state index in [9.17, 15) is 30.6 Å². The van der Waals surface area contributed by atoms with Gasteiger partial charge in [-0.25, -0.2) is 0 Å². The molecule has 6 N–H and O–H groups in total. The molecule has 12 heteroatoms. The molecule has 2 fully saturated rings. The number of ether oxygens (including phenoxy) is 6. The van der Waals surface area contributed by atoms with E-state index in [0.29, 0.717) is 24.3 Å². The van der Waals surface area contributed by atoms with Crippen molar-refractivity contribution in [2.24, 2.45) is 11.8 Å². The van der Waals surface area contributed by atoms with Crippen LogP contribution in [0.5, 0.6) is 28.7 Å². The second kappa shape index (κ2) is 12.6. The molecule has 0 spiro atoms. The maximum Gasteiger partial charge on any atom is 0.229 e. The Morgan fingerprint density at radius 2 is 1.49 bits per heavy atom. The van der Waals surface area contributed by atoms with E-state index in [1.54, 1.807) is 30.3 Å². The maximum atomic E-state index is 10.3. The van der Waals surface area contributed by atoms with E-state index in [0.717, 1.165) is 5.56 Å². The average Bonchev–Trinajstić information content (AvgIpc) is 3.36. The van der Waals surface area contributed by atoms with Gasteiger partial charge in [0.15, 0.2) is 23.0 Å². The SMILES string of the molecule is COc1cc(CC2COC(c3cc(OC)c(O)c(OC)c3)C2CO)ccc1OC1OC(CO)C(O)C(O)C1O. The van der Waals surface area contributed by atoms with E-state index in [2.05, 4.69) is 0 Å². The van der Waals surface area contributed by atoms with Gasteiger partial charge in [-0.2, -0.15) is 0 Å². The maximum absolute atomic E-state index is 10.3. The van der Waals surface area contributed by atoms with Gasteiger partial charge in [0.25, 0.3) is 0 Å². The van der Waals surface area contributed by atoms with Crippen molar-refractivity contribution in [3.63, 3.8) is 0 Å². The van der Waals surface area contributed by atoms with Gasteiger partial charge in [-0.15, -0.1) is 0 Å². The highest BCUT2D eigenvalue weighted by Gasteiger charge is 2.45. The minimum absolute atomic E-state index is 0.0484. The quantitative estimate of drug-likeness (QED) is 0.235. The molecule has 2 aliphatic rings. The first kappa shape index (κ1) is 29.2. The van der Waals surface area contributed by atoms with Crippen molar-refractivity contribution in [3.05, 3.63) is 41.5 Å². The summed E-state index contributed by atoms with van der Waals surface area (Å²) in [5, 5.41) is 60.2. The largest absolute Gasteiger partial charge is 0.502 e. The van der Waals surface area contributed by atoms with E-state index in [1.165, 1.54) is 21.3 Å². The van der Waals surface area contributed by atoms with Crippen molar-refractivity contribution in [2.75, 3.05) is 41.2 Å². The van der Waals surface area contributed by atoms with Gasteiger partial charge in [0.2, 0.25) is 12.0 Å². The molecule has 0 saturated carbocycles. The summed E-state index contributed by atoms with van der Waals surface area (Å²) in [6, 6.07) is 8.53. The summed E-state index contributed by atoms with van der Waals surface area (Å²) in [5.74, 6) is 0.645. The standard InChI is InChI=1S/C27H36O12/c1-34-18-7-13(4-5-17(18)38-27-25(33)24(32)23(31)21(11-29)39-27)6-15-12-37-26(16(15)10-28)14-8-19(35-2)22(30)20(9-14)36-3/h4-5,7-9,15-16,21,23-33H,6,10-12H2,1-3H3. The number of aromatic hydroxyl groups is 1. The number of methoxy groups -OCH3 is 3. The summed E-state index contributed by atoms with van der Waals surface area (Å²) in [4.78, 5) is 0. The number of hydrogen-bond donors (Lipinski definition) is 6. The van der Waals surface area contributed by atoms with Crippen LogP contribution in [0.2, 0.25) is 0 Å². The minimum atomic E-state index is -1.56. The van der Waals surface area contributed by atoms with Gasteiger partial charge in [0.1, 0.15) is 24.4 Å². The molecule has 0 amide bonds. The lowest BCUT2D eigenvalue weighted by atomic mass is 9.84. The van der Waals surface area contributed by atoms with Gasteiger partial charge in [0.05, 0.1) is 40.6 Å². The predicted molar refractivity (Wildman–Crippen MR) is 135 cm³/mol. The Bertz CT molecular complexity index is 1080. The van der Waals surface area contributed by atoms with Crippen LogP contribution >= 0.6 is 0 Å². The molecule has 2 aromatic rings.